The number of nitrogens with one attached hydrogen (secondary N) is 1. The van der Waals surface area contributed by atoms with E-state index in [0.717, 1.165) is 0 Å². The third-order valence-electron chi connectivity index (χ3n) is 3.76. The Bertz CT molecular complexity index is 659. The Hall–Kier alpha value is -2.64. The first kappa shape index (κ1) is 17.7. The van der Waals surface area contributed by atoms with Crippen LogP contribution in [0.15, 0.2) is 35.5 Å². The number of hydrogen-bond acceptors (Lipinski definition) is 4. The molecule has 1 atom stereocenters. The van der Waals surface area contributed by atoms with Gasteiger partial charge in [-0.25, -0.2) is 9.59 Å². The van der Waals surface area contributed by atoms with Gasteiger partial charge in [-0.15, -0.1) is 0 Å². The average Bonchev–Trinajstić information content (AvgIpc) is 2.54. The van der Waals surface area contributed by atoms with Gasteiger partial charge in [0, 0.05) is 12.2 Å². The van der Waals surface area contributed by atoms with Crippen molar-refractivity contribution in [3.8, 4) is 5.75 Å². The van der Waals surface area contributed by atoms with E-state index in [9.17, 15) is 18.4 Å². The average molecular weight is 340 g/mol. The highest BCUT2D eigenvalue weighted by Crippen LogP contribution is 2.32. The van der Waals surface area contributed by atoms with Crippen molar-refractivity contribution in [2.45, 2.75) is 26.5 Å². The zero-order valence-corrected chi connectivity index (χ0v) is 13.5. The molecule has 1 aromatic rings. The molecule has 0 saturated carbocycles. The minimum atomic E-state index is -2.92. The number of nitrogens with zero attached hydrogens (tertiary/aromatic N) is 1. The minimum Gasteiger partial charge on any atom is -0.466 e. The van der Waals surface area contributed by atoms with E-state index in [1.165, 1.54) is 36.3 Å². The molecular weight excluding hydrogens is 322 g/mol. The third kappa shape index (κ3) is 3.47. The Kier molecular flexibility index (Phi) is 5.38. The maximum atomic E-state index is 12.2. The number of halogens is 2. The molecule has 0 aliphatic carbocycles. The molecule has 0 bridgehead atoms. The lowest BCUT2D eigenvalue weighted by Gasteiger charge is -2.34. The third-order valence-corrected chi connectivity index (χ3v) is 3.76. The van der Waals surface area contributed by atoms with Crippen molar-refractivity contribution in [1.82, 2.24) is 10.2 Å². The molecule has 0 radical (unpaired) electrons. The van der Waals surface area contributed by atoms with E-state index in [2.05, 4.69) is 10.1 Å². The maximum absolute atomic E-state index is 12.2. The molecule has 130 valence electrons. The highest BCUT2D eigenvalue weighted by atomic mass is 19.3. The van der Waals surface area contributed by atoms with E-state index in [4.69, 9.17) is 4.74 Å². The lowest BCUT2D eigenvalue weighted by Crippen LogP contribution is -2.47. The lowest BCUT2D eigenvalue weighted by atomic mass is 9.95. The highest BCUT2D eigenvalue weighted by molar-refractivity contribution is 5.94. The van der Waals surface area contributed by atoms with Gasteiger partial charge in [0.15, 0.2) is 0 Å². The second-order valence-electron chi connectivity index (χ2n) is 5.06. The van der Waals surface area contributed by atoms with Gasteiger partial charge in [-0.2, -0.15) is 8.78 Å². The van der Waals surface area contributed by atoms with Gasteiger partial charge >= 0.3 is 18.6 Å². The van der Waals surface area contributed by atoms with Crippen LogP contribution >= 0.6 is 0 Å². The minimum absolute atomic E-state index is 0.00797. The zero-order valence-electron chi connectivity index (χ0n) is 13.5. The van der Waals surface area contributed by atoms with Crippen LogP contribution in [0.2, 0.25) is 0 Å². The molecule has 2 rings (SSSR count). The van der Waals surface area contributed by atoms with Crippen LogP contribution in [0.3, 0.4) is 0 Å². The summed E-state index contributed by atoms with van der Waals surface area (Å²) in [6.45, 7) is 0.924. The summed E-state index contributed by atoms with van der Waals surface area (Å²) >= 11 is 0. The fraction of sp³-hybridized carbons (Fsp3) is 0.375. The van der Waals surface area contributed by atoms with Gasteiger partial charge in [0.2, 0.25) is 0 Å². The number of carbonyl (C=O) groups excluding carboxylic acids is 2. The van der Waals surface area contributed by atoms with Crippen LogP contribution in [0.1, 0.15) is 25.5 Å². The summed E-state index contributed by atoms with van der Waals surface area (Å²) in [4.78, 5) is 25.8. The van der Waals surface area contributed by atoms with Crippen molar-refractivity contribution in [2.24, 2.45) is 0 Å². The maximum Gasteiger partial charge on any atom is 0.387 e. The summed E-state index contributed by atoms with van der Waals surface area (Å²) in [6, 6.07) is 4.66. The number of methoxy groups -OCH3 is 1. The van der Waals surface area contributed by atoms with E-state index in [1.54, 1.807) is 13.8 Å². The Morgan fingerprint density at radius 3 is 2.46 bits per heavy atom. The second-order valence-corrected chi connectivity index (χ2v) is 5.06. The van der Waals surface area contributed by atoms with Crippen molar-refractivity contribution in [3.05, 3.63) is 41.1 Å². The molecule has 1 aliphatic rings. The molecule has 0 fully saturated rings. The normalized spacial score (nSPS) is 17.8. The number of alkyl halides is 2. The number of hydrogen-bond donors (Lipinski definition) is 1. The molecule has 0 saturated heterocycles. The first-order chi connectivity index (χ1) is 11.4. The monoisotopic (exact) mass is 340 g/mol. The van der Waals surface area contributed by atoms with Gasteiger partial charge in [0.05, 0.1) is 18.7 Å². The van der Waals surface area contributed by atoms with E-state index in [0.29, 0.717) is 23.4 Å². The molecule has 1 aromatic carbocycles. The summed E-state index contributed by atoms with van der Waals surface area (Å²) in [6.07, 6.45) is 0. The summed E-state index contributed by atoms with van der Waals surface area (Å²) < 4.78 is 33.6. The zero-order chi connectivity index (χ0) is 17.9. The second kappa shape index (κ2) is 7.29. The largest absolute Gasteiger partial charge is 0.466 e. The van der Waals surface area contributed by atoms with Crippen molar-refractivity contribution in [1.29, 1.82) is 0 Å². The summed E-state index contributed by atoms with van der Waals surface area (Å²) in [5.41, 5.74) is 1.34. The van der Waals surface area contributed by atoms with Gasteiger partial charge in [0.1, 0.15) is 5.75 Å². The van der Waals surface area contributed by atoms with Crippen molar-refractivity contribution < 1.29 is 27.8 Å². The molecule has 0 aromatic heterocycles. The van der Waals surface area contributed by atoms with Crippen LogP contribution in [0.5, 0.6) is 5.75 Å². The molecule has 0 spiro atoms. The standard InChI is InChI=1S/C16H18F2N2O4/c1-4-20-9(2)12(14(21)23-3)13(19-16(20)22)10-5-7-11(8-6-10)24-15(17)18/h5-8,13,15H,4H2,1-3H3,(H,19,22). The van der Waals surface area contributed by atoms with Crippen LogP contribution in [0, 0.1) is 0 Å². The molecule has 1 unspecified atom stereocenters. The number of urea groups is 1. The number of amides is 2. The van der Waals surface area contributed by atoms with Crippen LogP contribution in [0.25, 0.3) is 0 Å². The van der Waals surface area contributed by atoms with E-state index >= 15 is 0 Å². The van der Waals surface area contributed by atoms with Crippen LogP contribution in [-0.4, -0.2) is 37.2 Å². The molecule has 8 heteroatoms. The van der Waals surface area contributed by atoms with Crippen molar-refractivity contribution >= 4 is 12.0 Å². The predicted molar refractivity (Wildman–Crippen MR) is 81.4 cm³/mol. The number of rotatable bonds is 5. The molecular formula is C16H18F2N2O4. The first-order valence-corrected chi connectivity index (χ1v) is 7.30. The summed E-state index contributed by atoms with van der Waals surface area (Å²) in [5.74, 6) is -0.574. The molecule has 1 aliphatic heterocycles. The summed E-state index contributed by atoms with van der Waals surface area (Å²) in [5, 5.41) is 2.73. The van der Waals surface area contributed by atoms with Gasteiger partial charge in [-0.05, 0) is 31.5 Å². The Balaban J connectivity index is 2.41. The fourth-order valence-corrected chi connectivity index (χ4v) is 2.63. The van der Waals surface area contributed by atoms with E-state index < -0.39 is 18.6 Å². The topological polar surface area (TPSA) is 67.9 Å². The first-order valence-electron chi connectivity index (χ1n) is 7.30. The van der Waals surface area contributed by atoms with Gasteiger partial charge in [-0.1, -0.05) is 12.1 Å². The van der Waals surface area contributed by atoms with Crippen LogP contribution < -0.4 is 10.1 Å². The predicted octanol–water partition coefficient (Wildman–Crippen LogP) is 2.82. The Labute approximate surface area is 138 Å². The van der Waals surface area contributed by atoms with Gasteiger partial charge in [0.25, 0.3) is 0 Å². The van der Waals surface area contributed by atoms with Crippen molar-refractivity contribution in [2.75, 3.05) is 13.7 Å². The number of allylic oxidation sites excluding steroid dienone is 1. The number of carbonyl (C=O) groups is 2. The van der Waals surface area contributed by atoms with Gasteiger partial charge < -0.3 is 14.8 Å². The molecule has 24 heavy (non-hydrogen) atoms. The highest BCUT2D eigenvalue weighted by Gasteiger charge is 2.35. The van der Waals surface area contributed by atoms with E-state index in [-0.39, 0.29) is 11.8 Å². The number of benzene rings is 1. The molecule has 1 N–H and O–H groups in total. The van der Waals surface area contributed by atoms with E-state index in [1.807, 2.05) is 0 Å². The number of ether oxygens (including phenoxy) is 2. The van der Waals surface area contributed by atoms with Crippen molar-refractivity contribution in [3.63, 3.8) is 0 Å². The van der Waals surface area contributed by atoms with Gasteiger partial charge in [-0.3, -0.25) is 4.90 Å². The smallest absolute Gasteiger partial charge is 0.387 e. The lowest BCUT2D eigenvalue weighted by molar-refractivity contribution is -0.136. The number of esters is 1. The fourth-order valence-electron chi connectivity index (χ4n) is 2.63. The quantitative estimate of drug-likeness (QED) is 0.837. The van der Waals surface area contributed by atoms with Crippen LogP contribution in [0.4, 0.5) is 13.6 Å². The molecule has 1 heterocycles. The Morgan fingerprint density at radius 2 is 1.96 bits per heavy atom. The molecule has 2 amide bonds. The molecule has 6 nitrogen and oxygen atoms in total. The SMILES string of the molecule is CCN1C(=O)NC(c2ccc(OC(F)F)cc2)C(C(=O)OC)=C1C. The summed E-state index contributed by atoms with van der Waals surface area (Å²) in [7, 11) is 1.26. The Morgan fingerprint density at radius 1 is 1.33 bits per heavy atom. The van der Waals surface area contributed by atoms with Crippen LogP contribution in [-0.2, 0) is 9.53 Å².